The van der Waals surface area contributed by atoms with Crippen LogP contribution in [0.25, 0.3) is 0 Å². The van der Waals surface area contributed by atoms with Crippen LogP contribution in [0.2, 0.25) is 0 Å². The molecule has 18 heavy (non-hydrogen) atoms. The highest BCUT2D eigenvalue weighted by Crippen LogP contribution is 2.34. The Morgan fingerprint density at radius 1 is 1.50 bits per heavy atom. The lowest BCUT2D eigenvalue weighted by molar-refractivity contribution is 0.405. The fourth-order valence-corrected chi connectivity index (χ4v) is 2.48. The minimum absolute atomic E-state index is 0.316. The van der Waals surface area contributed by atoms with Gasteiger partial charge in [-0.25, -0.2) is 0 Å². The van der Waals surface area contributed by atoms with E-state index in [-0.39, 0.29) is 0 Å². The largest absolute Gasteiger partial charge is 0.496 e. The SMILES string of the molecule is COc1c(C)cnc(CC(CC2CC2)NN)c1C. The smallest absolute Gasteiger partial charge is 0.128 e. The van der Waals surface area contributed by atoms with Gasteiger partial charge in [0.05, 0.1) is 7.11 Å². The van der Waals surface area contributed by atoms with Gasteiger partial charge in [0.15, 0.2) is 0 Å². The van der Waals surface area contributed by atoms with Crippen LogP contribution in [0.1, 0.15) is 36.1 Å². The van der Waals surface area contributed by atoms with Crippen LogP contribution in [0.4, 0.5) is 0 Å². The van der Waals surface area contributed by atoms with Crippen LogP contribution in [-0.2, 0) is 6.42 Å². The molecular weight excluding hydrogens is 226 g/mol. The van der Waals surface area contributed by atoms with Crippen LogP contribution in [-0.4, -0.2) is 18.1 Å². The topological polar surface area (TPSA) is 60.2 Å². The van der Waals surface area contributed by atoms with Gasteiger partial charge >= 0.3 is 0 Å². The van der Waals surface area contributed by atoms with E-state index in [0.717, 1.165) is 41.3 Å². The fraction of sp³-hybridized carbons (Fsp3) is 0.643. The van der Waals surface area contributed by atoms with E-state index in [1.165, 1.54) is 12.8 Å². The average Bonchev–Trinajstić information content (AvgIpc) is 3.16. The van der Waals surface area contributed by atoms with Gasteiger partial charge in [-0.15, -0.1) is 0 Å². The molecule has 1 aromatic rings. The first kappa shape index (κ1) is 13.3. The Kier molecular flexibility index (Phi) is 4.19. The first-order valence-corrected chi connectivity index (χ1v) is 6.60. The normalized spacial score (nSPS) is 16.7. The van der Waals surface area contributed by atoms with Crippen LogP contribution < -0.4 is 16.0 Å². The summed E-state index contributed by atoms with van der Waals surface area (Å²) in [6, 6.07) is 0.316. The molecule has 0 spiro atoms. The Bertz CT molecular complexity index is 416. The molecule has 4 nitrogen and oxygen atoms in total. The van der Waals surface area contributed by atoms with E-state index in [1.54, 1.807) is 7.11 Å². The van der Waals surface area contributed by atoms with E-state index in [4.69, 9.17) is 10.6 Å². The van der Waals surface area contributed by atoms with Gasteiger partial charge in [-0.05, 0) is 26.2 Å². The third-order valence-corrected chi connectivity index (χ3v) is 3.74. The minimum Gasteiger partial charge on any atom is -0.496 e. The maximum atomic E-state index is 5.64. The van der Waals surface area contributed by atoms with E-state index in [2.05, 4.69) is 17.3 Å². The molecule has 100 valence electrons. The number of ether oxygens (including phenoxy) is 1. The number of nitrogens with one attached hydrogen (secondary N) is 1. The molecule has 4 heteroatoms. The molecule has 1 aliphatic carbocycles. The van der Waals surface area contributed by atoms with Crippen LogP contribution >= 0.6 is 0 Å². The number of pyridine rings is 1. The Morgan fingerprint density at radius 3 is 2.78 bits per heavy atom. The van der Waals surface area contributed by atoms with E-state index >= 15 is 0 Å². The molecule has 2 rings (SSSR count). The molecule has 0 aromatic carbocycles. The molecule has 3 N–H and O–H groups in total. The van der Waals surface area contributed by atoms with Gasteiger partial charge in [-0.1, -0.05) is 12.8 Å². The number of aryl methyl sites for hydroxylation is 1. The molecular formula is C14H23N3O. The Labute approximate surface area is 109 Å². The first-order valence-electron chi connectivity index (χ1n) is 6.60. The lowest BCUT2D eigenvalue weighted by Gasteiger charge is -2.18. The lowest BCUT2D eigenvalue weighted by Crippen LogP contribution is -2.37. The number of rotatable bonds is 6. The van der Waals surface area contributed by atoms with Gasteiger partial charge in [-0.2, -0.15) is 0 Å². The summed E-state index contributed by atoms with van der Waals surface area (Å²) in [6.45, 7) is 4.09. The van der Waals surface area contributed by atoms with Crippen molar-refractivity contribution in [3.63, 3.8) is 0 Å². The van der Waals surface area contributed by atoms with Crippen molar-refractivity contribution in [2.75, 3.05) is 7.11 Å². The fourth-order valence-electron chi connectivity index (χ4n) is 2.48. The van der Waals surface area contributed by atoms with Crippen molar-refractivity contribution in [1.29, 1.82) is 0 Å². The van der Waals surface area contributed by atoms with Crippen molar-refractivity contribution >= 4 is 0 Å². The van der Waals surface area contributed by atoms with Crippen molar-refractivity contribution in [1.82, 2.24) is 10.4 Å². The summed E-state index contributed by atoms with van der Waals surface area (Å²) in [4.78, 5) is 4.53. The molecule has 1 unspecified atom stereocenters. The van der Waals surface area contributed by atoms with E-state index in [0.29, 0.717) is 6.04 Å². The summed E-state index contributed by atoms with van der Waals surface area (Å²) in [5.74, 6) is 7.44. The summed E-state index contributed by atoms with van der Waals surface area (Å²) in [7, 11) is 1.71. The number of hydrazine groups is 1. The molecule has 0 radical (unpaired) electrons. The third-order valence-electron chi connectivity index (χ3n) is 3.74. The summed E-state index contributed by atoms with van der Waals surface area (Å²) in [5.41, 5.74) is 6.22. The first-order chi connectivity index (χ1) is 8.65. The predicted octanol–water partition coefficient (Wildman–Crippen LogP) is 1.88. The number of hydrogen-bond donors (Lipinski definition) is 2. The number of methoxy groups -OCH3 is 1. The van der Waals surface area contributed by atoms with Gasteiger partial charge in [0.25, 0.3) is 0 Å². The second-order valence-corrected chi connectivity index (χ2v) is 5.29. The second-order valence-electron chi connectivity index (χ2n) is 5.29. The quantitative estimate of drug-likeness (QED) is 0.597. The maximum Gasteiger partial charge on any atom is 0.128 e. The molecule has 1 saturated carbocycles. The Balaban J connectivity index is 2.11. The molecule has 1 heterocycles. The molecule has 0 saturated heterocycles. The lowest BCUT2D eigenvalue weighted by atomic mass is 10.0. The summed E-state index contributed by atoms with van der Waals surface area (Å²) >= 11 is 0. The van der Waals surface area contributed by atoms with Crippen molar-refractivity contribution in [2.24, 2.45) is 11.8 Å². The summed E-state index contributed by atoms with van der Waals surface area (Å²) < 4.78 is 5.43. The molecule has 1 fully saturated rings. The van der Waals surface area contributed by atoms with Crippen molar-refractivity contribution in [3.05, 3.63) is 23.0 Å². The third kappa shape index (κ3) is 3.00. The maximum absolute atomic E-state index is 5.64. The number of nitrogens with two attached hydrogens (primary N) is 1. The second kappa shape index (κ2) is 5.67. The van der Waals surface area contributed by atoms with Crippen molar-refractivity contribution in [3.8, 4) is 5.75 Å². The van der Waals surface area contributed by atoms with Crippen LogP contribution in [0.15, 0.2) is 6.20 Å². The molecule has 1 aromatic heterocycles. The zero-order valence-electron chi connectivity index (χ0n) is 11.5. The van der Waals surface area contributed by atoms with E-state index < -0.39 is 0 Å². The van der Waals surface area contributed by atoms with E-state index in [9.17, 15) is 0 Å². The molecule has 0 aliphatic heterocycles. The Morgan fingerprint density at radius 2 is 2.22 bits per heavy atom. The van der Waals surface area contributed by atoms with Gasteiger partial charge in [-0.3, -0.25) is 16.3 Å². The highest BCUT2D eigenvalue weighted by Gasteiger charge is 2.25. The van der Waals surface area contributed by atoms with Crippen LogP contribution in [0.5, 0.6) is 5.75 Å². The molecule has 1 aliphatic rings. The zero-order valence-corrected chi connectivity index (χ0v) is 11.5. The average molecular weight is 249 g/mol. The van der Waals surface area contributed by atoms with Crippen molar-refractivity contribution < 1.29 is 4.74 Å². The Hall–Kier alpha value is -1.13. The van der Waals surface area contributed by atoms with Gasteiger partial charge in [0.2, 0.25) is 0 Å². The molecule has 0 bridgehead atoms. The highest BCUT2D eigenvalue weighted by atomic mass is 16.5. The summed E-state index contributed by atoms with van der Waals surface area (Å²) in [5, 5.41) is 0. The summed E-state index contributed by atoms with van der Waals surface area (Å²) in [6.07, 6.45) is 6.60. The number of nitrogens with zero attached hydrogens (tertiary/aromatic N) is 1. The monoisotopic (exact) mass is 249 g/mol. The highest BCUT2D eigenvalue weighted by molar-refractivity contribution is 5.41. The van der Waals surface area contributed by atoms with Crippen LogP contribution in [0, 0.1) is 19.8 Å². The van der Waals surface area contributed by atoms with Crippen molar-refractivity contribution in [2.45, 2.75) is 45.6 Å². The minimum atomic E-state index is 0.316. The van der Waals surface area contributed by atoms with Gasteiger partial charge in [0.1, 0.15) is 5.75 Å². The van der Waals surface area contributed by atoms with Gasteiger partial charge < -0.3 is 4.74 Å². The number of hydrogen-bond acceptors (Lipinski definition) is 4. The standard InChI is InChI=1S/C14H23N3O/c1-9-8-16-13(10(2)14(9)18-3)7-12(17-15)6-11-4-5-11/h8,11-12,17H,4-7,15H2,1-3H3. The number of aromatic nitrogens is 1. The van der Waals surface area contributed by atoms with Gasteiger partial charge in [0, 0.05) is 35.5 Å². The zero-order chi connectivity index (χ0) is 13.1. The van der Waals surface area contributed by atoms with E-state index in [1.807, 2.05) is 13.1 Å². The molecule has 1 atom stereocenters. The van der Waals surface area contributed by atoms with Crippen LogP contribution in [0.3, 0.4) is 0 Å². The molecule has 0 amide bonds. The predicted molar refractivity (Wildman–Crippen MR) is 72.4 cm³/mol.